The Morgan fingerprint density at radius 1 is 1.12 bits per heavy atom. The Kier molecular flexibility index (Phi) is 5.59. The van der Waals surface area contributed by atoms with E-state index in [1.165, 1.54) is 22.6 Å². The van der Waals surface area contributed by atoms with E-state index in [2.05, 4.69) is 21.2 Å². The van der Waals surface area contributed by atoms with Gasteiger partial charge in [0.05, 0.1) is 0 Å². The fourth-order valence-corrected chi connectivity index (χ4v) is 4.66. The summed E-state index contributed by atoms with van der Waals surface area (Å²) >= 11 is 3.31. The van der Waals surface area contributed by atoms with Crippen molar-refractivity contribution in [3.63, 3.8) is 0 Å². The molecule has 0 bridgehead atoms. The van der Waals surface area contributed by atoms with Gasteiger partial charge in [0.1, 0.15) is 11.4 Å². The Labute approximate surface area is 159 Å². The van der Waals surface area contributed by atoms with Crippen molar-refractivity contribution in [3.05, 3.63) is 57.4 Å². The van der Waals surface area contributed by atoms with Crippen molar-refractivity contribution in [2.75, 3.05) is 18.4 Å². The van der Waals surface area contributed by atoms with Crippen molar-refractivity contribution in [1.82, 2.24) is 8.87 Å². The van der Waals surface area contributed by atoms with Crippen molar-refractivity contribution in [3.8, 4) is 0 Å². The van der Waals surface area contributed by atoms with Gasteiger partial charge in [0.15, 0.2) is 0 Å². The van der Waals surface area contributed by atoms with Gasteiger partial charge in [0.25, 0.3) is 5.56 Å². The topological polar surface area (TPSA) is 88.5 Å². The zero-order chi connectivity index (χ0) is 18.7. The van der Waals surface area contributed by atoms with E-state index >= 15 is 0 Å². The molecule has 0 aliphatic carbocycles. The summed E-state index contributed by atoms with van der Waals surface area (Å²) in [5, 5.41) is 2.68. The van der Waals surface area contributed by atoms with Gasteiger partial charge in [-0.05, 0) is 49.2 Å². The maximum atomic E-state index is 12.6. The van der Waals surface area contributed by atoms with Crippen LogP contribution in [-0.2, 0) is 21.4 Å². The molecular formula is C17H18BrN3O4S. The fourth-order valence-electron chi connectivity index (χ4n) is 2.79. The molecule has 1 saturated heterocycles. The average Bonchev–Trinajstić information content (AvgIpc) is 3.14. The van der Waals surface area contributed by atoms with Gasteiger partial charge >= 0.3 is 0 Å². The number of aromatic nitrogens is 1. The molecule has 1 fully saturated rings. The van der Waals surface area contributed by atoms with Crippen LogP contribution in [0.3, 0.4) is 0 Å². The number of anilines is 1. The van der Waals surface area contributed by atoms with E-state index in [0.717, 1.165) is 21.9 Å². The van der Waals surface area contributed by atoms with Gasteiger partial charge in [-0.15, -0.1) is 0 Å². The lowest BCUT2D eigenvalue weighted by Crippen LogP contribution is -2.36. The monoisotopic (exact) mass is 439 g/mol. The fraction of sp³-hybridized carbons (Fsp3) is 0.294. The largest absolute Gasteiger partial charge is 0.325 e. The van der Waals surface area contributed by atoms with Crippen LogP contribution in [0.15, 0.2) is 56.8 Å². The van der Waals surface area contributed by atoms with E-state index in [9.17, 15) is 18.0 Å². The molecule has 26 heavy (non-hydrogen) atoms. The summed E-state index contributed by atoms with van der Waals surface area (Å²) in [6.07, 6.45) is 2.98. The minimum atomic E-state index is -3.83. The van der Waals surface area contributed by atoms with Crippen LogP contribution in [0, 0.1) is 0 Å². The molecule has 0 atom stereocenters. The standard InChI is InChI=1S/C17H18BrN3O4S/c18-13-5-7-14(8-6-13)19-16(22)12-20-9-3-4-15(17(20)23)26(24,25)21-10-1-2-11-21/h3-9H,1-2,10-12H2,(H,19,22). The summed E-state index contributed by atoms with van der Waals surface area (Å²) < 4.78 is 28.6. The summed E-state index contributed by atoms with van der Waals surface area (Å²) in [5.74, 6) is -0.412. The number of rotatable bonds is 5. The Hall–Kier alpha value is -1.97. The van der Waals surface area contributed by atoms with Crippen LogP contribution < -0.4 is 10.9 Å². The first-order chi connectivity index (χ1) is 12.4. The molecule has 1 N–H and O–H groups in total. The van der Waals surface area contributed by atoms with Gasteiger partial charge in [-0.1, -0.05) is 15.9 Å². The van der Waals surface area contributed by atoms with Gasteiger partial charge in [-0.25, -0.2) is 8.42 Å². The number of hydrogen-bond donors (Lipinski definition) is 1. The van der Waals surface area contributed by atoms with Crippen LogP contribution in [0.2, 0.25) is 0 Å². The van der Waals surface area contributed by atoms with Gasteiger partial charge in [0, 0.05) is 29.4 Å². The highest BCUT2D eigenvalue weighted by molar-refractivity contribution is 9.10. The smallest absolute Gasteiger partial charge is 0.271 e. The van der Waals surface area contributed by atoms with Gasteiger partial charge in [-0.3, -0.25) is 9.59 Å². The van der Waals surface area contributed by atoms with Crippen LogP contribution in [0.25, 0.3) is 0 Å². The van der Waals surface area contributed by atoms with E-state index in [4.69, 9.17) is 0 Å². The number of benzene rings is 1. The third-order valence-corrected chi connectivity index (χ3v) is 6.55. The number of nitrogens with one attached hydrogen (secondary N) is 1. The maximum Gasteiger partial charge on any atom is 0.271 e. The molecule has 0 saturated carbocycles. The Morgan fingerprint density at radius 3 is 2.42 bits per heavy atom. The second-order valence-corrected chi connectivity index (χ2v) is 8.79. The van der Waals surface area contributed by atoms with Gasteiger partial charge in [-0.2, -0.15) is 4.31 Å². The third kappa shape index (κ3) is 4.05. The summed E-state index contributed by atoms with van der Waals surface area (Å²) in [5.41, 5.74) is -0.0996. The SMILES string of the molecule is O=C(Cn1cccc(S(=O)(=O)N2CCCC2)c1=O)Nc1ccc(Br)cc1. The number of nitrogens with zero attached hydrogens (tertiary/aromatic N) is 2. The molecular weight excluding hydrogens is 422 g/mol. The van der Waals surface area contributed by atoms with Crippen molar-refractivity contribution in [2.45, 2.75) is 24.3 Å². The molecule has 7 nitrogen and oxygen atoms in total. The summed E-state index contributed by atoms with van der Waals surface area (Å²) in [6.45, 7) is 0.569. The average molecular weight is 440 g/mol. The Bertz CT molecular complexity index is 964. The molecule has 0 radical (unpaired) electrons. The zero-order valence-corrected chi connectivity index (χ0v) is 16.3. The number of sulfonamides is 1. The van der Waals surface area contributed by atoms with E-state index in [1.807, 2.05) is 0 Å². The summed E-state index contributed by atoms with van der Waals surface area (Å²) in [7, 11) is -3.83. The third-order valence-electron chi connectivity index (χ3n) is 4.11. The number of carbonyl (C=O) groups is 1. The van der Waals surface area contributed by atoms with E-state index in [1.54, 1.807) is 24.3 Å². The number of hydrogen-bond acceptors (Lipinski definition) is 4. The van der Waals surface area contributed by atoms with Crippen LogP contribution >= 0.6 is 15.9 Å². The molecule has 9 heteroatoms. The first kappa shape index (κ1) is 18.8. The Balaban J connectivity index is 1.80. The van der Waals surface area contributed by atoms with E-state index < -0.39 is 21.5 Å². The second-order valence-electron chi connectivity index (χ2n) is 5.97. The molecule has 2 heterocycles. The highest BCUT2D eigenvalue weighted by atomic mass is 79.9. The highest BCUT2D eigenvalue weighted by Gasteiger charge is 2.29. The van der Waals surface area contributed by atoms with Crippen molar-refractivity contribution < 1.29 is 13.2 Å². The molecule has 1 amide bonds. The number of carbonyl (C=O) groups excluding carboxylic acids is 1. The highest BCUT2D eigenvalue weighted by Crippen LogP contribution is 2.18. The molecule has 1 aromatic carbocycles. The molecule has 138 valence electrons. The molecule has 1 aliphatic rings. The molecule has 0 unspecified atom stereocenters. The van der Waals surface area contributed by atoms with Crippen LogP contribution in [0.1, 0.15) is 12.8 Å². The molecule has 0 spiro atoms. The number of pyridine rings is 1. The minimum absolute atomic E-state index is 0.266. The predicted molar refractivity (Wildman–Crippen MR) is 101 cm³/mol. The van der Waals surface area contributed by atoms with Crippen LogP contribution in [0.5, 0.6) is 0 Å². The van der Waals surface area contributed by atoms with Crippen LogP contribution in [0.4, 0.5) is 5.69 Å². The lowest BCUT2D eigenvalue weighted by molar-refractivity contribution is -0.116. The number of amides is 1. The van der Waals surface area contributed by atoms with Crippen molar-refractivity contribution >= 4 is 37.5 Å². The van der Waals surface area contributed by atoms with Gasteiger partial charge in [0.2, 0.25) is 15.9 Å². The summed E-state index contributed by atoms with van der Waals surface area (Å²) in [6, 6.07) is 9.77. The number of halogens is 1. The van der Waals surface area contributed by atoms with E-state index in [-0.39, 0.29) is 11.4 Å². The Morgan fingerprint density at radius 2 is 1.77 bits per heavy atom. The van der Waals surface area contributed by atoms with Crippen molar-refractivity contribution in [1.29, 1.82) is 0 Å². The maximum absolute atomic E-state index is 12.6. The lowest BCUT2D eigenvalue weighted by atomic mass is 10.3. The summed E-state index contributed by atoms with van der Waals surface area (Å²) in [4.78, 5) is 24.5. The quantitative estimate of drug-likeness (QED) is 0.771. The van der Waals surface area contributed by atoms with E-state index in [0.29, 0.717) is 18.8 Å². The molecule has 3 rings (SSSR count). The predicted octanol–water partition coefficient (Wildman–Crippen LogP) is 2.03. The first-order valence-corrected chi connectivity index (χ1v) is 10.4. The molecule has 1 aromatic heterocycles. The zero-order valence-electron chi connectivity index (χ0n) is 13.9. The second kappa shape index (κ2) is 7.73. The van der Waals surface area contributed by atoms with Crippen molar-refractivity contribution in [2.24, 2.45) is 0 Å². The normalized spacial score (nSPS) is 15.1. The molecule has 1 aliphatic heterocycles. The lowest BCUT2D eigenvalue weighted by Gasteiger charge is -2.16. The van der Waals surface area contributed by atoms with Gasteiger partial charge < -0.3 is 9.88 Å². The first-order valence-electron chi connectivity index (χ1n) is 8.13. The van der Waals surface area contributed by atoms with Crippen LogP contribution in [-0.4, -0.2) is 36.3 Å². The molecule has 2 aromatic rings. The minimum Gasteiger partial charge on any atom is -0.325 e.